The van der Waals surface area contributed by atoms with Crippen LogP contribution in [-0.4, -0.2) is 10.9 Å². The number of benzene rings is 3. The third-order valence-corrected chi connectivity index (χ3v) is 4.37. The molecule has 1 heterocycles. The maximum atomic E-state index is 14.4. The molecule has 4 aromatic rings. The highest BCUT2D eigenvalue weighted by atomic mass is 19.1. The van der Waals surface area contributed by atoms with E-state index >= 15 is 0 Å². The van der Waals surface area contributed by atoms with Gasteiger partial charge in [0.1, 0.15) is 11.6 Å². The molecule has 0 aliphatic rings. The predicted molar refractivity (Wildman–Crippen MR) is 111 cm³/mol. The number of aromatic nitrogens is 1. The van der Waals surface area contributed by atoms with Gasteiger partial charge in [0.2, 0.25) is 0 Å². The molecule has 4 nitrogen and oxygen atoms in total. The Labute approximate surface area is 171 Å². The Hall–Kier alpha value is -4.06. The Morgan fingerprint density at radius 1 is 0.833 bits per heavy atom. The fraction of sp³-hybridized carbons (Fsp3) is 0. The lowest BCUT2D eigenvalue weighted by molar-refractivity contribution is 0.102. The van der Waals surface area contributed by atoms with Gasteiger partial charge in [-0.05, 0) is 59.7 Å². The molecule has 30 heavy (non-hydrogen) atoms. The Bertz CT molecular complexity index is 1180. The number of anilines is 1. The summed E-state index contributed by atoms with van der Waals surface area (Å²) in [6.07, 6.45) is 3.09. The maximum Gasteiger partial charge on any atom is 0.255 e. The molecule has 1 amide bonds. The van der Waals surface area contributed by atoms with E-state index in [2.05, 4.69) is 10.3 Å². The summed E-state index contributed by atoms with van der Waals surface area (Å²) < 4.78 is 33.0. The molecule has 0 fully saturated rings. The first-order valence-corrected chi connectivity index (χ1v) is 9.13. The second-order valence-corrected chi connectivity index (χ2v) is 6.47. The molecule has 0 saturated heterocycles. The van der Waals surface area contributed by atoms with Crippen molar-refractivity contribution in [3.63, 3.8) is 0 Å². The smallest absolute Gasteiger partial charge is 0.255 e. The summed E-state index contributed by atoms with van der Waals surface area (Å²) in [6, 6.07) is 20.3. The monoisotopic (exact) mass is 402 g/mol. The van der Waals surface area contributed by atoms with Crippen molar-refractivity contribution >= 4 is 11.6 Å². The molecule has 1 N–H and O–H groups in total. The molecule has 0 saturated carbocycles. The number of halogens is 2. The van der Waals surface area contributed by atoms with Crippen LogP contribution in [0.3, 0.4) is 0 Å². The summed E-state index contributed by atoms with van der Waals surface area (Å²) >= 11 is 0. The fourth-order valence-corrected chi connectivity index (χ4v) is 2.88. The maximum absolute atomic E-state index is 14.4. The average molecular weight is 402 g/mol. The lowest BCUT2D eigenvalue weighted by Crippen LogP contribution is -2.12. The first-order chi connectivity index (χ1) is 14.6. The number of ether oxygens (including phenoxy) is 1. The number of nitrogens with zero attached hydrogens (tertiary/aromatic N) is 1. The van der Waals surface area contributed by atoms with Gasteiger partial charge in [0, 0.05) is 29.7 Å². The van der Waals surface area contributed by atoms with Crippen LogP contribution >= 0.6 is 0 Å². The van der Waals surface area contributed by atoms with Crippen LogP contribution in [0.1, 0.15) is 10.4 Å². The van der Waals surface area contributed by atoms with E-state index in [1.807, 2.05) is 6.07 Å². The molecule has 0 atom stereocenters. The van der Waals surface area contributed by atoms with Crippen molar-refractivity contribution in [2.75, 3.05) is 5.32 Å². The average Bonchev–Trinajstić information content (AvgIpc) is 2.77. The largest absolute Gasteiger partial charge is 0.454 e. The molecule has 148 valence electrons. The molecule has 0 aliphatic carbocycles. The highest BCUT2D eigenvalue weighted by Gasteiger charge is 2.11. The van der Waals surface area contributed by atoms with Crippen molar-refractivity contribution in [3.05, 3.63) is 108 Å². The molecule has 1 aromatic heterocycles. The normalized spacial score (nSPS) is 10.5. The highest BCUT2D eigenvalue weighted by molar-refractivity contribution is 6.05. The Kier molecular flexibility index (Phi) is 5.48. The number of pyridine rings is 1. The third kappa shape index (κ3) is 4.50. The van der Waals surface area contributed by atoms with Crippen molar-refractivity contribution in [3.8, 4) is 22.6 Å². The summed E-state index contributed by atoms with van der Waals surface area (Å²) in [6.45, 7) is 0. The van der Waals surface area contributed by atoms with Crippen molar-refractivity contribution in [2.24, 2.45) is 0 Å². The van der Waals surface area contributed by atoms with E-state index in [1.54, 1.807) is 60.9 Å². The molecular formula is C24H16F2N2O2. The standard InChI is InChI=1S/C24H16F2N2O2/c25-19-6-4-16(5-7-19)17-2-1-3-18(14-17)24(29)28-20-8-9-23(22(26)15-20)30-21-10-12-27-13-11-21/h1-15H,(H,28,29). The van der Waals surface area contributed by atoms with Crippen LogP contribution < -0.4 is 10.1 Å². The van der Waals surface area contributed by atoms with Crippen molar-refractivity contribution in [2.45, 2.75) is 0 Å². The molecule has 0 radical (unpaired) electrons. The van der Waals surface area contributed by atoms with Crippen LogP contribution in [0.4, 0.5) is 14.5 Å². The summed E-state index contributed by atoms with van der Waals surface area (Å²) in [5.41, 5.74) is 2.26. The summed E-state index contributed by atoms with van der Waals surface area (Å²) in [5, 5.41) is 2.67. The number of amides is 1. The zero-order valence-electron chi connectivity index (χ0n) is 15.7. The van der Waals surface area contributed by atoms with Gasteiger partial charge < -0.3 is 10.1 Å². The second-order valence-electron chi connectivity index (χ2n) is 6.47. The summed E-state index contributed by atoms with van der Waals surface area (Å²) in [7, 11) is 0. The van der Waals surface area contributed by atoms with Gasteiger partial charge in [-0.25, -0.2) is 8.78 Å². The van der Waals surface area contributed by atoms with Crippen LogP contribution in [0.2, 0.25) is 0 Å². The Morgan fingerprint density at radius 2 is 1.60 bits per heavy atom. The molecule has 0 spiro atoms. The number of hydrogen-bond acceptors (Lipinski definition) is 3. The molecule has 6 heteroatoms. The van der Waals surface area contributed by atoms with Gasteiger partial charge in [-0.15, -0.1) is 0 Å². The SMILES string of the molecule is O=C(Nc1ccc(Oc2ccncc2)c(F)c1)c1cccc(-c2ccc(F)cc2)c1. The quantitative estimate of drug-likeness (QED) is 0.441. The minimum Gasteiger partial charge on any atom is -0.454 e. The summed E-state index contributed by atoms with van der Waals surface area (Å²) in [4.78, 5) is 16.5. The minimum atomic E-state index is -0.607. The van der Waals surface area contributed by atoms with Gasteiger partial charge in [-0.1, -0.05) is 24.3 Å². The number of carbonyl (C=O) groups is 1. The van der Waals surface area contributed by atoms with Gasteiger partial charge in [-0.2, -0.15) is 0 Å². The van der Waals surface area contributed by atoms with Crippen molar-refractivity contribution < 1.29 is 18.3 Å². The van der Waals surface area contributed by atoms with E-state index in [0.29, 0.717) is 17.0 Å². The van der Waals surface area contributed by atoms with Crippen LogP contribution in [0.15, 0.2) is 91.3 Å². The Morgan fingerprint density at radius 3 is 2.33 bits per heavy atom. The molecule has 0 bridgehead atoms. The lowest BCUT2D eigenvalue weighted by Gasteiger charge is -2.10. The van der Waals surface area contributed by atoms with Crippen LogP contribution in [-0.2, 0) is 0 Å². The zero-order chi connectivity index (χ0) is 20.9. The molecular weight excluding hydrogens is 386 g/mol. The van der Waals surface area contributed by atoms with E-state index in [-0.39, 0.29) is 17.5 Å². The van der Waals surface area contributed by atoms with Crippen molar-refractivity contribution in [1.29, 1.82) is 0 Å². The van der Waals surface area contributed by atoms with E-state index < -0.39 is 5.82 Å². The number of carbonyl (C=O) groups excluding carboxylic acids is 1. The van der Waals surface area contributed by atoms with Gasteiger partial charge in [0.25, 0.3) is 5.91 Å². The molecule has 4 rings (SSSR count). The first kappa shape index (κ1) is 19.3. The van der Waals surface area contributed by atoms with Gasteiger partial charge in [-0.3, -0.25) is 9.78 Å². The minimum absolute atomic E-state index is 0.0394. The molecule has 0 aliphatic heterocycles. The van der Waals surface area contributed by atoms with Crippen LogP contribution in [0.25, 0.3) is 11.1 Å². The topological polar surface area (TPSA) is 51.2 Å². The fourth-order valence-electron chi connectivity index (χ4n) is 2.88. The van der Waals surface area contributed by atoms with Crippen LogP contribution in [0.5, 0.6) is 11.5 Å². The number of nitrogens with one attached hydrogen (secondary N) is 1. The predicted octanol–water partition coefficient (Wildman–Crippen LogP) is 6.07. The number of rotatable bonds is 5. The van der Waals surface area contributed by atoms with E-state index in [9.17, 15) is 13.6 Å². The Balaban J connectivity index is 1.49. The van der Waals surface area contributed by atoms with E-state index in [0.717, 1.165) is 11.1 Å². The molecule has 3 aromatic carbocycles. The van der Waals surface area contributed by atoms with E-state index in [1.165, 1.54) is 24.3 Å². The van der Waals surface area contributed by atoms with Gasteiger partial charge in [0.05, 0.1) is 0 Å². The number of hydrogen-bond donors (Lipinski definition) is 1. The molecule has 0 unspecified atom stereocenters. The van der Waals surface area contributed by atoms with Gasteiger partial charge in [0.15, 0.2) is 11.6 Å². The first-order valence-electron chi connectivity index (χ1n) is 9.13. The van der Waals surface area contributed by atoms with E-state index in [4.69, 9.17) is 4.74 Å². The van der Waals surface area contributed by atoms with Crippen molar-refractivity contribution in [1.82, 2.24) is 4.98 Å². The lowest BCUT2D eigenvalue weighted by atomic mass is 10.0. The van der Waals surface area contributed by atoms with Gasteiger partial charge >= 0.3 is 0 Å². The second kappa shape index (κ2) is 8.53. The third-order valence-electron chi connectivity index (χ3n) is 4.37. The summed E-state index contributed by atoms with van der Waals surface area (Å²) in [5.74, 6) is -0.826. The zero-order valence-corrected chi connectivity index (χ0v) is 15.7. The van der Waals surface area contributed by atoms with Crippen LogP contribution in [0, 0.1) is 11.6 Å². The highest BCUT2D eigenvalue weighted by Crippen LogP contribution is 2.27.